The van der Waals surface area contributed by atoms with Crippen LogP contribution in [0.5, 0.6) is 0 Å². The highest BCUT2D eigenvalue weighted by atomic mass is 32.2. The first-order valence-corrected chi connectivity index (χ1v) is 9.56. The Morgan fingerprint density at radius 2 is 1.76 bits per heavy atom. The molecule has 3 aromatic rings. The number of aromatic nitrogens is 1. The van der Waals surface area contributed by atoms with Crippen LogP contribution in [-0.2, 0) is 16.6 Å². The third-order valence-electron chi connectivity index (χ3n) is 3.37. The molecule has 0 fully saturated rings. The highest BCUT2D eigenvalue weighted by Gasteiger charge is 2.16. The van der Waals surface area contributed by atoms with Gasteiger partial charge in [-0.2, -0.15) is 0 Å². The average molecular weight is 375 g/mol. The van der Waals surface area contributed by atoms with E-state index in [1.807, 2.05) is 30.3 Å². The molecule has 0 radical (unpaired) electrons. The van der Waals surface area contributed by atoms with Crippen molar-refractivity contribution < 1.29 is 13.3 Å². The molecular weight excluding hydrogens is 362 g/mol. The van der Waals surface area contributed by atoms with Crippen molar-refractivity contribution >= 4 is 27.0 Å². The quantitative estimate of drug-likeness (QED) is 0.526. The molecule has 1 heterocycles. The lowest BCUT2D eigenvalue weighted by Crippen LogP contribution is -2.23. The predicted octanol–water partition coefficient (Wildman–Crippen LogP) is 3.20. The molecule has 128 valence electrons. The number of sulfonamides is 1. The molecule has 2 aromatic carbocycles. The molecule has 25 heavy (non-hydrogen) atoms. The van der Waals surface area contributed by atoms with Crippen molar-refractivity contribution in [2.75, 3.05) is 0 Å². The minimum Gasteiger partial charge on any atom is -0.258 e. The Morgan fingerprint density at radius 3 is 2.40 bits per heavy atom. The highest BCUT2D eigenvalue weighted by Crippen LogP contribution is 2.23. The zero-order valence-electron chi connectivity index (χ0n) is 12.8. The zero-order valence-corrected chi connectivity index (χ0v) is 14.5. The van der Waals surface area contributed by atoms with Gasteiger partial charge in [0.15, 0.2) is 0 Å². The number of nitro groups is 1. The van der Waals surface area contributed by atoms with Gasteiger partial charge in [0, 0.05) is 23.1 Å². The number of non-ortho nitro benzene ring substituents is 1. The maximum absolute atomic E-state index is 12.3. The molecule has 1 aromatic heterocycles. The number of nitrogens with one attached hydrogen (secondary N) is 1. The largest absolute Gasteiger partial charge is 0.269 e. The standard InChI is InChI=1S/C16H13N3O4S2/c20-19(21)14-6-8-15(9-7-14)25(22,23)17-10-13-11-24-16(18-13)12-4-2-1-3-5-12/h1-9,11,17H,10H2. The van der Waals surface area contributed by atoms with Crippen molar-refractivity contribution in [2.24, 2.45) is 0 Å². The van der Waals surface area contributed by atoms with Crippen molar-refractivity contribution in [2.45, 2.75) is 11.4 Å². The second-order valence-electron chi connectivity index (χ2n) is 5.09. The van der Waals surface area contributed by atoms with Crippen LogP contribution >= 0.6 is 11.3 Å². The van der Waals surface area contributed by atoms with Crippen LogP contribution in [0.1, 0.15) is 5.69 Å². The summed E-state index contributed by atoms with van der Waals surface area (Å²) in [6.45, 7) is 0.0443. The fourth-order valence-corrected chi connectivity index (χ4v) is 3.93. The summed E-state index contributed by atoms with van der Waals surface area (Å²) in [5, 5.41) is 13.2. The lowest BCUT2D eigenvalue weighted by atomic mass is 10.2. The number of rotatable bonds is 6. The van der Waals surface area contributed by atoms with Crippen LogP contribution in [0.2, 0.25) is 0 Å². The monoisotopic (exact) mass is 375 g/mol. The second-order valence-corrected chi connectivity index (χ2v) is 7.71. The average Bonchev–Trinajstić information content (AvgIpc) is 3.10. The van der Waals surface area contributed by atoms with E-state index in [2.05, 4.69) is 9.71 Å². The molecule has 0 amide bonds. The van der Waals surface area contributed by atoms with Crippen LogP contribution in [0.3, 0.4) is 0 Å². The summed E-state index contributed by atoms with van der Waals surface area (Å²) >= 11 is 1.43. The van der Waals surface area contributed by atoms with Gasteiger partial charge in [-0.3, -0.25) is 10.1 Å². The van der Waals surface area contributed by atoms with E-state index >= 15 is 0 Å². The molecule has 0 spiro atoms. The molecule has 9 heteroatoms. The van der Waals surface area contributed by atoms with E-state index in [1.165, 1.54) is 23.5 Å². The van der Waals surface area contributed by atoms with Crippen LogP contribution in [0.25, 0.3) is 10.6 Å². The van der Waals surface area contributed by atoms with Crippen molar-refractivity contribution in [3.05, 3.63) is 75.8 Å². The molecule has 0 unspecified atom stereocenters. The first-order chi connectivity index (χ1) is 12.0. The number of nitro benzene ring substituents is 1. The molecule has 0 atom stereocenters. The third-order valence-corrected chi connectivity index (χ3v) is 5.73. The Labute approximate surface area is 148 Å². The topological polar surface area (TPSA) is 102 Å². The van der Waals surface area contributed by atoms with Gasteiger partial charge in [-0.15, -0.1) is 11.3 Å². The highest BCUT2D eigenvalue weighted by molar-refractivity contribution is 7.89. The lowest BCUT2D eigenvalue weighted by molar-refractivity contribution is -0.384. The van der Waals surface area contributed by atoms with E-state index in [-0.39, 0.29) is 17.1 Å². The molecule has 0 saturated heterocycles. The zero-order chi connectivity index (χ0) is 17.9. The van der Waals surface area contributed by atoms with E-state index in [4.69, 9.17) is 0 Å². The Bertz CT molecular complexity index is 984. The maximum atomic E-state index is 12.3. The molecule has 0 saturated carbocycles. The van der Waals surface area contributed by atoms with Crippen molar-refractivity contribution in [1.29, 1.82) is 0 Å². The van der Waals surface area contributed by atoms with Gasteiger partial charge in [0.1, 0.15) is 5.01 Å². The van der Waals surface area contributed by atoms with Gasteiger partial charge < -0.3 is 0 Å². The second kappa shape index (κ2) is 7.09. The molecule has 7 nitrogen and oxygen atoms in total. The number of nitrogens with zero attached hydrogens (tertiary/aromatic N) is 2. The molecule has 0 bridgehead atoms. The van der Waals surface area contributed by atoms with E-state index in [0.29, 0.717) is 5.69 Å². The minimum atomic E-state index is -3.76. The van der Waals surface area contributed by atoms with Crippen LogP contribution in [0.15, 0.2) is 64.9 Å². The van der Waals surface area contributed by atoms with Gasteiger partial charge in [-0.05, 0) is 12.1 Å². The Morgan fingerprint density at radius 1 is 1.08 bits per heavy atom. The first-order valence-electron chi connectivity index (χ1n) is 7.20. The van der Waals surface area contributed by atoms with E-state index in [0.717, 1.165) is 22.7 Å². The summed E-state index contributed by atoms with van der Waals surface area (Å²) in [5.74, 6) is 0. The predicted molar refractivity (Wildman–Crippen MR) is 94.7 cm³/mol. The maximum Gasteiger partial charge on any atom is 0.269 e. The van der Waals surface area contributed by atoms with Crippen molar-refractivity contribution in [3.8, 4) is 10.6 Å². The van der Waals surface area contributed by atoms with Gasteiger partial charge in [0.05, 0.1) is 22.1 Å². The van der Waals surface area contributed by atoms with Crippen LogP contribution in [0, 0.1) is 10.1 Å². The molecule has 3 rings (SSSR count). The third kappa shape index (κ3) is 4.08. The van der Waals surface area contributed by atoms with Crippen LogP contribution < -0.4 is 4.72 Å². The Kier molecular flexibility index (Phi) is 4.88. The summed E-state index contributed by atoms with van der Waals surface area (Å²) in [6, 6.07) is 14.3. The first kappa shape index (κ1) is 17.2. The molecule has 0 aliphatic rings. The number of benzene rings is 2. The van der Waals surface area contributed by atoms with Gasteiger partial charge in [-0.1, -0.05) is 30.3 Å². The minimum absolute atomic E-state index is 0.0309. The SMILES string of the molecule is O=[N+]([O-])c1ccc(S(=O)(=O)NCc2csc(-c3ccccc3)n2)cc1. The van der Waals surface area contributed by atoms with E-state index in [1.54, 1.807) is 5.38 Å². The smallest absolute Gasteiger partial charge is 0.258 e. The van der Waals surface area contributed by atoms with Crippen molar-refractivity contribution in [1.82, 2.24) is 9.71 Å². The number of hydrogen-bond acceptors (Lipinski definition) is 6. The van der Waals surface area contributed by atoms with Gasteiger partial charge in [0.2, 0.25) is 10.0 Å². The van der Waals surface area contributed by atoms with Crippen LogP contribution in [0.4, 0.5) is 5.69 Å². The fraction of sp³-hybridized carbons (Fsp3) is 0.0625. The van der Waals surface area contributed by atoms with Gasteiger partial charge in [0.25, 0.3) is 5.69 Å². The summed E-state index contributed by atoms with van der Waals surface area (Å²) in [6.07, 6.45) is 0. The van der Waals surface area contributed by atoms with Gasteiger partial charge >= 0.3 is 0 Å². The summed E-state index contributed by atoms with van der Waals surface area (Å²) in [4.78, 5) is 14.4. The van der Waals surface area contributed by atoms with Crippen molar-refractivity contribution in [3.63, 3.8) is 0 Å². The lowest BCUT2D eigenvalue weighted by Gasteiger charge is -2.05. The molecule has 0 aliphatic carbocycles. The Balaban J connectivity index is 1.70. The number of hydrogen-bond donors (Lipinski definition) is 1. The normalized spacial score (nSPS) is 11.4. The summed E-state index contributed by atoms with van der Waals surface area (Å²) in [7, 11) is -3.76. The van der Waals surface area contributed by atoms with E-state index in [9.17, 15) is 18.5 Å². The fourth-order valence-electron chi connectivity index (χ4n) is 2.10. The Hall–Kier alpha value is -2.62. The van der Waals surface area contributed by atoms with Crippen LogP contribution in [-0.4, -0.2) is 18.3 Å². The molecule has 0 aliphatic heterocycles. The van der Waals surface area contributed by atoms with Gasteiger partial charge in [-0.25, -0.2) is 18.1 Å². The molecule has 1 N–H and O–H groups in total. The summed E-state index contributed by atoms with van der Waals surface area (Å²) in [5.41, 5.74) is 1.41. The summed E-state index contributed by atoms with van der Waals surface area (Å²) < 4.78 is 27.0. The van der Waals surface area contributed by atoms with E-state index < -0.39 is 14.9 Å². The molecular formula is C16H13N3O4S2. The number of thiazole rings is 1.